The second kappa shape index (κ2) is 8.72. The van der Waals surface area contributed by atoms with Crippen molar-refractivity contribution in [2.45, 2.75) is 26.9 Å². The third-order valence-corrected chi connectivity index (χ3v) is 1.57. The highest BCUT2D eigenvalue weighted by atomic mass is 16.7. The van der Waals surface area contributed by atoms with E-state index >= 15 is 0 Å². The van der Waals surface area contributed by atoms with Crippen molar-refractivity contribution in [2.24, 2.45) is 0 Å². The van der Waals surface area contributed by atoms with Gasteiger partial charge in [0, 0.05) is 14.0 Å². The van der Waals surface area contributed by atoms with Gasteiger partial charge in [0.15, 0.2) is 0 Å². The Morgan fingerprint density at radius 1 is 1.35 bits per heavy atom. The number of carbonyl (C=O) groups excluding carboxylic acids is 2. The van der Waals surface area contributed by atoms with E-state index in [-0.39, 0.29) is 19.2 Å². The van der Waals surface area contributed by atoms with Crippen LogP contribution < -0.4 is 0 Å². The van der Waals surface area contributed by atoms with Gasteiger partial charge in [0.2, 0.25) is 5.76 Å². The molecule has 0 saturated heterocycles. The number of methoxy groups -OCH3 is 1. The molecule has 0 fully saturated rings. The Morgan fingerprint density at radius 3 is 2.47 bits per heavy atom. The van der Waals surface area contributed by atoms with E-state index in [1.165, 1.54) is 20.1 Å². The fourth-order valence-electron chi connectivity index (χ4n) is 0.937. The second-order valence-electron chi connectivity index (χ2n) is 3.12. The van der Waals surface area contributed by atoms with Crippen molar-refractivity contribution in [3.05, 3.63) is 11.8 Å². The minimum Gasteiger partial charge on any atom is -0.460 e. The third kappa shape index (κ3) is 7.48. The average Bonchev–Trinajstić information content (AvgIpc) is 2.25. The molecule has 6 heteroatoms. The Hall–Kier alpha value is -1.40. The third-order valence-electron chi connectivity index (χ3n) is 1.57. The molecule has 0 aliphatic rings. The number of hydrogen-bond donors (Lipinski definition) is 0. The first-order valence-electron chi connectivity index (χ1n) is 5.19. The van der Waals surface area contributed by atoms with Crippen LogP contribution in [0, 0.1) is 0 Å². The molecule has 0 saturated carbocycles. The predicted molar refractivity (Wildman–Crippen MR) is 58.9 cm³/mol. The van der Waals surface area contributed by atoms with Crippen LogP contribution in [-0.4, -0.2) is 38.6 Å². The maximum Gasteiger partial charge on any atom is 0.374 e. The van der Waals surface area contributed by atoms with E-state index in [9.17, 15) is 9.59 Å². The Balaban J connectivity index is 4.59. The van der Waals surface area contributed by atoms with Crippen molar-refractivity contribution in [1.29, 1.82) is 0 Å². The fraction of sp³-hybridized carbons (Fsp3) is 0.636. The molecule has 0 aromatic carbocycles. The number of carbonyl (C=O) groups is 2. The van der Waals surface area contributed by atoms with Crippen molar-refractivity contribution in [2.75, 3.05) is 20.5 Å². The number of hydrogen-bond acceptors (Lipinski definition) is 6. The van der Waals surface area contributed by atoms with Gasteiger partial charge in [0.25, 0.3) is 0 Å². The lowest BCUT2D eigenvalue weighted by Gasteiger charge is -2.10. The van der Waals surface area contributed by atoms with E-state index in [0.29, 0.717) is 0 Å². The van der Waals surface area contributed by atoms with E-state index in [1.54, 1.807) is 13.8 Å². The molecule has 0 aromatic heterocycles. The average molecular weight is 246 g/mol. The topological polar surface area (TPSA) is 71.1 Å². The molecule has 0 N–H and O–H groups in total. The van der Waals surface area contributed by atoms with E-state index < -0.39 is 18.0 Å². The Labute approximate surface area is 100 Å². The van der Waals surface area contributed by atoms with Crippen LogP contribution in [0.4, 0.5) is 0 Å². The molecule has 0 heterocycles. The Kier molecular flexibility index (Phi) is 8.00. The first-order valence-corrected chi connectivity index (χ1v) is 5.19. The maximum absolute atomic E-state index is 11.4. The standard InChI is InChI=1S/C11H18O6/c1-5-15-11(13)10(17-9(3)12)6-8(2)16-7-14-4/h6,8H,5,7H2,1-4H3/b10-6+. The highest BCUT2D eigenvalue weighted by Gasteiger charge is 2.16. The van der Waals surface area contributed by atoms with Crippen LogP contribution in [0.2, 0.25) is 0 Å². The quantitative estimate of drug-likeness (QED) is 0.289. The van der Waals surface area contributed by atoms with Crippen LogP contribution in [-0.2, 0) is 28.5 Å². The number of ether oxygens (including phenoxy) is 4. The lowest BCUT2D eigenvalue weighted by atomic mass is 10.3. The molecule has 0 amide bonds. The molecule has 6 nitrogen and oxygen atoms in total. The molecule has 0 bridgehead atoms. The van der Waals surface area contributed by atoms with Gasteiger partial charge in [-0.25, -0.2) is 4.79 Å². The van der Waals surface area contributed by atoms with Crippen LogP contribution in [0.15, 0.2) is 11.8 Å². The smallest absolute Gasteiger partial charge is 0.374 e. The van der Waals surface area contributed by atoms with Gasteiger partial charge in [-0.15, -0.1) is 0 Å². The van der Waals surface area contributed by atoms with E-state index in [1.807, 2.05) is 0 Å². The molecule has 0 radical (unpaired) electrons. The molecule has 0 rings (SSSR count). The van der Waals surface area contributed by atoms with Gasteiger partial charge >= 0.3 is 11.9 Å². The van der Waals surface area contributed by atoms with E-state index in [4.69, 9.17) is 18.9 Å². The van der Waals surface area contributed by atoms with Crippen molar-refractivity contribution >= 4 is 11.9 Å². The molecular weight excluding hydrogens is 228 g/mol. The lowest BCUT2D eigenvalue weighted by molar-refractivity contribution is -0.150. The lowest BCUT2D eigenvalue weighted by Crippen LogP contribution is -2.16. The Bertz CT molecular complexity index is 284. The van der Waals surface area contributed by atoms with Crippen LogP contribution in [0.5, 0.6) is 0 Å². The summed E-state index contributed by atoms with van der Waals surface area (Å²) in [5.74, 6) is -1.47. The summed E-state index contributed by atoms with van der Waals surface area (Å²) in [6, 6.07) is 0. The molecule has 1 atom stereocenters. The van der Waals surface area contributed by atoms with Gasteiger partial charge in [-0.3, -0.25) is 4.79 Å². The molecule has 17 heavy (non-hydrogen) atoms. The SMILES string of the molecule is CCOC(=O)/C(=C\C(C)OCOC)OC(C)=O. The largest absolute Gasteiger partial charge is 0.460 e. The highest BCUT2D eigenvalue weighted by molar-refractivity contribution is 5.89. The minimum absolute atomic E-state index is 0.0772. The molecular formula is C11H18O6. The molecule has 98 valence electrons. The normalized spacial score (nSPS) is 13.1. The van der Waals surface area contributed by atoms with Gasteiger partial charge in [-0.2, -0.15) is 0 Å². The number of esters is 2. The van der Waals surface area contributed by atoms with Gasteiger partial charge in [0.1, 0.15) is 6.79 Å². The zero-order chi connectivity index (χ0) is 13.3. The monoisotopic (exact) mass is 246 g/mol. The van der Waals surface area contributed by atoms with Crippen LogP contribution in [0.3, 0.4) is 0 Å². The maximum atomic E-state index is 11.4. The summed E-state index contributed by atoms with van der Waals surface area (Å²) in [5, 5.41) is 0. The molecule has 1 unspecified atom stereocenters. The molecule has 0 aromatic rings. The van der Waals surface area contributed by atoms with Crippen molar-refractivity contribution in [1.82, 2.24) is 0 Å². The van der Waals surface area contributed by atoms with Gasteiger partial charge in [0.05, 0.1) is 12.7 Å². The van der Waals surface area contributed by atoms with Gasteiger partial charge in [-0.05, 0) is 19.9 Å². The van der Waals surface area contributed by atoms with E-state index in [0.717, 1.165) is 0 Å². The van der Waals surface area contributed by atoms with Crippen LogP contribution in [0.1, 0.15) is 20.8 Å². The molecule has 0 aliphatic carbocycles. The molecule has 0 aliphatic heterocycles. The summed E-state index contributed by atoms with van der Waals surface area (Å²) in [6.45, 7) is 4.82. The predicted octanol–water partition coefficient (Wildman–Crippen LogP) is 1.01. The van der Waals surface area contributed by atoms with Crippen LogP contribution >= 0.6 is 0 Å². The summed E-state index contributed by atoms with van der Waals surface area (Å²) in [7, 11) is 1.48. The molecule has 0 spiro atoms. The zero-order valence-electron chi connectivity index (χ0n) is 10.5. The van der Waals surface area contributed by atoms with Crippen molar-refractivity contribution < 1.29 is 28.5 Å². The van der Waals surface area contributed by atoms with Crippen LogP contribution in [0.25, 0.3) is 0 Å². The van der Waals surface area contributed by atoms with E-state index in [2.05, 4.69) is 0 Å². The number of rotatable bonds is 7. The Morgan fingerprint density at radius 2 is 2.00 bits per heavy atom. The summed E-state index contributed by atoms with van der Waals surface area (Å²) < 4.78 is 19.3. The first kappa shape index (κ1) is 15.6. The van der Waals surface area contributed by atoms with Gasteiger partial charge < -0.3 is 18.9 Å². The van der Waals surface area contributed by atoms with Crippen molar-refractivity contribution in [3.8, 4) is 0 Å². The summed E-state index contributed by atoms with van der Waals surface area (Å²) in [4.78, 5) is 22.3. The summed E-state index contributed by atoms with van der Waals surface area (Å²) >= 11 is 0. The fourth-order valence-corrected chi connectivity index (χ4v) is 0.937. The highest BCUT2D eigenvalue weighted by Crippen LogP contribution is 2.06. The minimum atomic E-state index is -0.699. The second-order valence-corrected chi connectivity index (χ2v) is 3.12. The zero-order valence-corrected chi connectivity index (χ0v) is 10.5. The first-order chi connectivity index (χ1) is 8.01. The van der Waals surface area contributed by atoms with Crippen molar-refractivity contribution in [3.63, 3.8) is 0 Å². The summed E-state index contributed by atoms with van der Waals surface area (Å²) in [6.07, 6.45) is 0.923. The van der Waals surface area contributed by atoms with Gasteiger partial charge in [-0.1, -0.05) is 0 Å². The summed E-state index contributed by atoms with van der Waals surface area (Å²) in [5.41, 5.74) is 0.